The summed E-state index contributed by atoms with van der Waals surface area (Å²) in [6.07, 6.45) is 9.39. The van der Waals surface area contributed by atoms with Crippen molar-refractivity contribution in [3.05, 3.63) is 23.7 Å². The van der Waals surface area contributed by atoms with Gasteiger partial charge in [0.05, 0.1) is 6.04 Å². The summed E-state index contributed by atoms with van der Waals surface area (Å²) in [6, 6.07) is 4.16. The number of unbranched alkanes of at least 4 members (excludes halogenated alkanes) is 1. The van der Waals surface area contributed by atoms with Crippen molar-refractivity contribution in [3.63, 3.8) is 0 Å². The molecule has 0 spiro atoms. The Balaban J connectivity index is 1.82. The van der Waals surface area contributed by atoms with E-state index < -0.39 is 0 Å². The number of nitrogens with two attached hydrogens (primary N) is 1. The standard InChI is InChI=1S/C16H27NO/c1-3-4-5-13-7-9-14(10-8-13)16(17)15-11-6-12(2)18-15/h6,11,13-14,16H,3-5,7-10,17H2,1-2H3. The first-order chi connectivity index (χ1) is 8.70. The van der Waals surface area contributed by atoms with E-state index in [2.05, 4.69) is 6.92 Å². The van der Waals surface area contributed by atoms with E-state index in [9.17, 15) is 0 Å². The molecule has 1 aliphatic carbocycles. The molecule has 2 nitrogen and oxygen atoms in total. The molecule has 0 amide bonds. The third-order valence-corrected chi connectivity index (χ3v) is 4.45. The molecule has 102 valence electrons. The molecule has 1 atom stereocenters. The predicted molar refractivity (Wildman–Crippen MR) is 75.3 cm³/mol. The Kier molecular flexibility index (Phi) is 4.87. The van der Waals surface area contributed by atoms with Gasteiger partial charge in [0.25, 0.3) is 0 Å². The van der Waals surface area contributed by atoms with E-state index in [0.29, 0.717) is 5.92 Å². The summed E-state index contributed by atoms with van der Waals surface area (Å²) in [7, 11) is 0. The van der Waals surface area contributed by atoms with Gasteiger partial charge in [-0.15, -0.1) is 0 Å². The van der Waals surface area contributed by atoms with Crippen molar-refractivity contribution < 1.29 is 4.42 Å². The van der Waals surface area contributed by atoms with E-state index in [1.807, 2.05) is 19.1 Å². The third-order valence-electron chi connectivity index (χ3n) is 4.45. The fraction of sp³-hybridized carbons (Fsp3) is 0.750. The van der Waals surface area contributed by atoms with E-state index in [0.717, 1.165) is 17.4 Å². The normalized spacial score (nSPS) is 26.2. The van der Waals surface area contributed by atoms with Crippen molar-refractivity contribution in [1.82, 2.24) is 0 Å². The summed E-state index contributed by atoms with van der Waals surface area (Å²) in [4.78, 5) is 0. The number of hydrogen-bond acceptors (Lipinski definition) is 2. The molecular weight excluding hydrogens is 222 g/mol. The van der Waals surface area contributed by atoms with Crippen LogP contribution < -0.4 is 5.73 Å². The number of aryl methyl sites for hydroxylation is 1. The zero-order valence-corrected chi connectivity index (χ0v) is 11.8. The molecule has 0 bridgehead atoms. The zero-order valence-electron chi connectivity index (χ0n) is 11.8. The smallest absolute Gasteiger partial charge is 0.121 e. The fourth-order valence-electron chi connectivity index (χ4n) is 3.19. The number of furan rings is 1. The molecule has 1 aliphatic rings. The van der Waals surface area contributed by atoms with Crippen molar-refractivity contribution in [2.45, 2.75) is 64.8 Å². The molecule has 1 unspecified atom stereocenters. The van der Waals surface area contributed by atoms with Gasteiger partial charge in [0, 0.05) is 0 Å². The van der Waals surface area contributed by atoms with Crippen LogP contribution in [0.3, 0.4) is 0 Å². The minimum absolute atomic E-state index is 0.103. The highest BCUT2D eigenvalue weighted by molar-refractivity contribution is 5.10. The summed E-state index contributed by atoms with van der Waals surface area (Å²) < 4.78 is 5.67. The lowest BCUT2D eigenvalue weighted by Crippen LogP contribution is -2.25. The largest absolute Gasteiger partial charge is 0.465 e. The van der Waals surface area contributed by atoms with E-state index in [1.165, 1.54) is 44.9 Å². The van der Waals surface area contributed by atoms with Gasteiger partial charge in [-0.1, -0.05) is 39.0 Å². The van der Waals surface area contributed by atoms with Crippen molar-refractivity contribution in [2.75, 3.05) is 0 Å². The minimum Gasteiger partial charge on any atom is -0.465 e. The Morgan fingerprint density at radius 2 is 2.00 bits per heavy atom. The van der Waals surface area contributed by atoms with Crippen LogP contribution in [0.25, 0.3) is 0 Å². The molecule has 1 heterocycles. The molecule has 1 aromatic rings. The average molecular weight is 249 g/mol. The van der Waals surface area contributed by atoms with Crippen LogP contribution in [0.5, 0.6) is 0 Å². The Morgan fingerprint density at radius 1 is 1.28 bits per heavy atom. The maximum Gasteiger partial charge on any atom is 0.121 e. The van der Waals surface area contributed by atoms with Crippen LogP contribution in [0.2, 0.25) is 0 Å². The number of hydrogen-bond donors (Lipinski definition) is 1. The van der Waals surface area contributed by atoms with E-state index in [4.69, 9.17) is 10.2 Å². The van der Waals surface area contributed by atoms with Crippen molar-refractivity contribution in [2.24, 2.45) is 17.6 Å². The lowest BCUT2D eigenvalue weighted by Gasteiger charge is -2.31. The molecular formula is C16H27NO. The maximum atomic E-state index is 6.33. The topological polar surface area (TPSA) is 39.2 Å². The van der Waals surface area contributed by atoms with Gasteiger partial charge in [0.1, 0.15) is 11.5 Å². The summed E-state index contributed by atoms with van der Waals surface area (Å²) in [5, 5.41) is 0. The molecule has 1 fully saturated rings. The van der Waals surface area contributed by atoms with Gasteiger partial charge >= 0.3 is 0 Å². The molecule has 0 aromatic carbocycles. The lowest BCUT2D eigenvalue weighted by molar-refractivity contribution is 0.219. The summed E-state index contributed by atoms with van der Waals surface area (Å²) in [6.45, 7) is 4.26. The quantitative estimate of drug-likeness (QED) is 0.829. The van der Waals surface area contributed by atoms with Crippen LogP contribution >= 0.6 is 0 Å². The minimum atomic E-state index is 0.103. The van der Waals surface area contributed by atoms with Crippen LogP contribution in [0, 0.1) is 18.8 Å². The van der Waals surface area contributed by atoms with Gasteiger partial charge in [0.15, 0.2) is 0 Å². The molecule has 18 heavy (non-hydrogen) atoms. The van der Waals surface area contributed by atoms with Gasteiger partial charge in [-0.2, -0.15) is 0 Å². The fourth-order valence-corrected chi connectivity index (χ4v) is 3.19. The van der Waals surface area contributed by atoms with Crippen LogP contribution in [-0.2, 0) is 0 Å². The van der Waals surface area contributed by atoms with Crippen LogP contribution in [-0.4, -0.2) is 0 Å². The first-order valence-electron chi connectivity index (χ1n) is 7.52. The third kappa shape index (κ3) is 3.38. The Bertz CT molecular complexity index is 350. The average Bonchev–Trinajstić information content (AvgIpc) is 2.83. The first kappa shape index (κ1) is 13.7. The zero-order chi connectivity index (χ0) is 13.0. The Labute approximate surface area is 111 Å². The summed E-state index contributed by atoms with van der Waals surface area (Å²) >= 11 is 0. The van der Waals surface area contributed by atoms with Crippen LogP contribution in [0.4, 0.5) is 0 Å². The predicted octanol–water partition coefficient (Wildman–Crippen LogP) is 4.58. The van der Waals surface area contributed by atoms with Gasteiger partial charge in [0.2, 0.25) is 0 Å². The highest BCUT2D eigenvalue weighted by Gasteiger charge is 2.27. The van der Waals surface area contributed by atoms with Crippen LogP contribution in [0.1, 0.15) is 69.4 Å². The molecule has 2 heteroatoms. The van der Waals surface area contributed by atoms with Crippen molar-refractivity contribution >= 4 is 0 Å². The van der Waals surface area contributed by atoms with E-state index in [1.54, 1.807) is 0 Å². The number of rotatable bonds is 5. The molecule has 0 aliphatic heterocycles. The molecule has 0 radical (unpaired) electrons. The first-order valence-corrected chi connectivity index (χ1v) is 7.52. The molecule has 2 N–H and O–H groups in total. The maximum absolute atomic E-state index is 6.33. The lowest BCUT2D eigenvalue weighted by atomic mass is 9.76. The van der Waals surface area contributed by atoms with Gasteiger partial charge in [-0.3, -0.25) is 0 Å². The van der Waals surface area contributed by atoms with Crippen LogP contribution in [0.15, 0.2) is 16.5 Å². The van der Waals surface area contributed by atoms with Crippen molar-refractivity contribution in [3.8, 4) is 0 Å². The van der Waals surface area contributed by atoms with E-state index in [-0.39, 0.29) is 6.04 Å². The summed E-state index contributed by atoms with van der Waals surface area (Å²) in [5.41, 5.74) is 6.33. The monoisotopic (exact) mass is 249 g/mol. The SMILES string of the molecule is CCCCC1CCC(C(N)c2ccc(C)o2)CC1. The second-order valence-electron chi connectivity index (χ2n) is 5.90. The molecule has 1 saturated carbocycles. The molecule has 1 aromatic heterocycles. The van der Waals surface area contributed by atoms with Crippen molar-refractivity contribution in [1.29, 1.82) is 0 Å². The Hall–Kier alpha value is -0.760. The second-order valence-corrected chi connectivity index (χ2v) is 5.90. The highest BCUT2D eigenvalue weighted by Crippen LogP contribution is 2.37. The highest BCUT2D eigenvalue weighted by atomic mass is 16.3. The summed E-state index contributed by atoms with van der Waals surface area (Å²) in [5.74, 6) is 3.52. The van der Waals surface area contributed by atoms with E-state index >= 15 is 0 Å². The van der Waals surface area contributed by atoms with Gasteiger partial charge < -0.3 is 10.2 Å². The molecule has 2 rings (SSSR count). The molecule has 0 saturated heterocycles. The second kappa shape index (κ2) is 6.42. The Morgan fingerprint density at radius 3 is 2.56 bits per heavy atom. The van der Waals surface area contributed by atoms with Gasteiger partial charge in [-0.25, -0.2) is 0 Å². The van der Waals surface area contributed by atoms with Gasteiger partial charge in [-0.05, 0) is 43.7 Å².